The number of rotatable bonds is 7. The Morgan fingerprint density at radius 3 is 2.86 bits per heavy atom. The van der Waals surface area contributed by atoms with Crippen molar-refractivity contribution in [3.8, 4) is 0 Å². The average molecular weight is 298 g/mol. The highest BCUT2D eigenvalue weighted by molar-refractivity contribution is 6.40. The van der Waals surface area contributed by atoms with Gasteiger partial charge >= 0.3 is 13.1 Å². The van der Waals surface area contributed by atoms with E-state index < -0.39 is 7.12 Å². The Balaban J connectivity index is 1.75. The molecule has 0 aromatic heterocycles. The molecule has 0 bridgehead atoms. The Morgan fingerprint density at radius 2 is 2.14 bits per heavy atom. The summed E-state index contributed by atoms with van der Waals surface area (Å²) in [5.41, 5.74) is 0. The van der Waals surface area contributed by atoms with Crippen LogP contribution in [0.2, 0.25) is 6.32 Å². The minimum absolute atomic E-state index is 0.0108. The van der Waals surface area contributed by atoms with Gasteiger partial charge in [-0.25, -0.2) is 0 Å². The highest BCUT2D eigenvalue weighted by Gasteiger charge is 2.43. The smallest absolute Gasteiger partial charge is 0.451 e. The molecular formula is C14H27BN2O4. The molecule has 1 saturated heterocycles. The Labute approximate surface area is 127 Å². The van der Waals surface area contributed by atoms with Crippen LogP contribution in [0.5, 0.6) is 0 Å². The van der Waals surface area contributed by atoms with Crippen molar-refractivity contribution in [3.63, 3.8) is 0 Å². The normalized spacial score (nSPS) is 29.2. The monoisotopic (exact) mass is 298 g/mol. The first-order chi connectivity index (χ1) is 10.1. The molecule has 0 aromatic rings. The number of fused-ring (bicyclic) bond motifs is 1. The number of nitrogens with zero attached hydrogens (tertiary/aromatic N) is 1. The van der Waals surface area contributed by atoms with Crippen LogP contribution in [0.25, 0.3) is 0 Å². The first kappa shape index (κ1) is 16.7. The van der Waals surface area contributed by atoms with Gasteiger partial charge in [-0.3, -0.25) is 15.0 Å². The fraction of sp³-hybridized carbons (Fsp3) is 0.929. The van der Waals surface area contributed by atoms with E-state index >= 15 is 0 Å². The van der Waals surface area contributed by atoms with Crippen molar-refractivity contribution in [1.29, 1.82) is 0 Å². The minimum Gasteiger partial charge on any atom is -0.469 e. The summed E-state index contributed by atoms with van der Waals surface area (Å²) in [7, 11) is 0.288. The fourth-order valence-corrected chi connectivity index (χ4v) is 3.68. The van der Waals surface area contributed by atoms with Crippen LogP contribution in [-0.2, 0) is 9.53 Å². The van der Waals surface area contributed by atoms with Crippen LogP contribution in [0.3, 0.4) is 0 Å². The standard InChI is InChI=1S/C14H27BN2O4/c1-21-14(18)11-6-5-7-12-13(11)16-10-17(12)9-4-2-3-8-15(19)20/h11-13,16,19-20H,2-10H2,1H3. The molecule has 21 heavy (non-hydrogen) atoms. The van der Waals surface area contributed by atoms with Gasteiger partial charge in [-0.1, -0.05) is 19.3 Å². The maximum Gasteiger partial charge on any atom is 0.451 e. The van der Waals surface area contributed by atoms with E-state index in [4.69, 9.17) is 14.8 Å². The lowest BCUT2D eigenvalue weighted by atomic mass is 9.81. The number of carbonyl (C=O) groups is 1. The topological polar surface area (TPSA) is 82.0 Å². The average Bonchev–Trinajstić information content (AvgIpc) is 2.89. The zero-order valence-corrected chi connectivity index (χ0v) is 12.8. The summed E-state index contributed by atoms with van der Waals surface area (Å²) in [6, 6.07) is 0.664. The third-order valence-electron chi connectivity index (χ3n) is 4.77. The highest BCUT2D eigenvalue weighted by Crippen LogP contribution is 2.32. The summed E-state index contributed by atoms with van der Waals surface area (Å²) >= 11 is 0. The van der Waals surface area contributed by atoms with E-state index in [-0.39, 0.29) is 17.9 Å². The number of carbonyl (C=O) groups excluding carboxylic acids is 1. The molecule has 1 aliphatic carbocycles. The zero-order chi connectivity index (χ0) is 15.2. The molecule has 7 heteroatoms. The van der Waals surface area contributed by atoms with Crippen molar-refractivity contribution in [2.45, 2.75) is 56.9 Å². The number of esters is 1. The van der Waals surface area contributed by atoms with Crippen LogP contribution in [-0.4, -0.2) is 60.4 Å². The lowest BCUT2D eigenvalue weighted by Crippen LogP contribution is -2.47. The first-order valence-electron chi connectivity index (χ1n) is 8.05. The van der Waals surface area contributed by atoms with Crippen LogP contribution in [0, 0.1) is 5.92 Å². The molecule has 3 unspecified atom stereocenters. The lowest BCUT2D eigenvalue weighted by Gasteiger charge is -2.34. The second kappa shape index (κ2) is 8.12. The van der Waals surface area contributed by atoms with Gasteiger partial charge in [0.25, 0.3) is 0 Å². The number of methoxy groups -OCH3 is 1. The second-order valence-electron chi connectivity index (χ2n) is 6.16. The number of hydrogen-bond acceptors (Lipinski definition) is 6. The fourth-order valence-electron chi connectivity index (χ4n) is 3.68. The maximum atomic E-state index is 11.9. The second-order valence-corrected chi connectivity index (χ2v) is 6.16. The Bertz CT molecular complexity index is 343. The van der Waals surface area contributed by atoms with Crippen molar-refractivity contribution in [2.75, 3.05) is 20.3 Å². The van der Waals surface area contributed by atoms with Crippen molar-refractivity contribution in [2.24, 2.45) is 5.92 Å². The van der Waals surface area contributed by atoms with Crippen molar-refractivity contribution in [1.82, 2.24) is 10.2 Å². The summed E-state index contributed by atoms with van der Waals surface area (Å²) < 4.78 is 4.92. The molecule has 3 atom stereocenters. The third-order valence-corrected chi connectivity index (χ3v) is 4.77. The summed E-state index contributed by atoms with van der Waals surface area (Å²) in [4.78, 5) is 14.3. The van der Waals surface area contributed by atoms with Crippen LogP contribution in [0.15, 0.2) is 0 Å². The predicted molar refractivity (Wildman–Crippen MR) is 80.5 cm³/mol. The van der Waals surface area contributed by atoms with E-state index in [1.165, 1.54) is 7.11 Å². The molecule has 0 radical (unpaired) electrons. The highest BCUT2D eigenvalue weighted by atomic mass is 16.5. The van der Waals surface area contributed by atoms with Crippen LogP contribution >= 0.6 is 0 Å². The van der Waals surface area contributed by atoms with Crippen molar-refractivity contribution in [3.05, 3.63) is 0 Å². The van der Waals surface area contributed by atoms with Crippen LogP contribution in [0.1, 0.15) is 38.5 Å². The van der Waals surface area contributed by atoms with Gasteiger partial charge in [-0.15, -0.1) is 0 Å². The largest absolute Gasteiger partial charge is 0.469 e. The predicted octanol–water partition coefficient (Wildman–Crippen LogP) is 0.202. The van der Waals surface area contributed by atoms with Gasteiger partial charge in [0, 0.05) is 18.8 Å². The van der Waals surface area contributed by atoms with Crippen LogP contribution < -0.4 is 5.32 Å². The van der Waals surface area contributed by atoms with E-state index in [1.54, 1.807) is 0 Å². The molecule has 3 N–H and O–H groups in total. The van der Waals surface area contributed by atoms with Gasteiger partial charge < -0.3 is 14.8 Å². The molecule has 0 spiro atoms. The van der Waals surface area contributed by atoms with Gasteiger partial charge in [0.1, 0.15) is 0 Å². The minimum atomic E-state index is -1.18. The summed E-state index contributed by atoms with van der Waals surface area (Å²) in [5, 5.41) is 21.1. The van der Waals surface area contributed by atoms with E-state index in [1.807, 2.05) is 0 Å². The molecule has 0 amide bonds. The van der Waals surface area contributed by atoms with E-state index in [0.29, 0.717) is 12.4 Å². The quantitative estimate of drug-likeness (QED) is 0.354. The van der Waals surface area contributed by atoms with Crippen molar-refractivity contribution < 1.29 is 19.6 Å². The van der Waals surface area contributed by atoms with Gasteiger partial charge in [0.05, 0.1) is 13.0 Å². The molecular weight excluding hydrogens is 271 g/mol. The summed E-state index contributed by atoms with van der Waals surface area (Å²) in [6.45, 7) is 1.84. The Morgan fingerprint density at radius 1 is 1.33 bits per heavy atom. The molecule has 120 valence electrons. The van der Waals surface area contributed by atoms with Gasteiger partial charge in [-0.2, -0.15) is 0 Å². The van der Waals surface area contributed by atoms with E-state index in [0.717, 1.165) is 51.7 Å². The maximum absolute atomic E-state index is 11.9. The number of unbranched alkanes of at least 4 members (excludes halogenated alkanes) is 2. The number of ether oxygens (including phenoxy) is 1. The Hall–Kier alpha value is -0.625. The zero-order valence-electron chi connectivity index (χ0n) is 12.8. The molecule has 1 aliphatic heterocycles. The van der Waals surface area contributed by atoms with Gasteiger partial charge in [-0.05, 0) is 32.1 Å². The SMILES string of the molecule is COC(=O)C1CCCC2C1NCN2CCCCCB(O)O. The Kier molecular flexibility index (Phi) is 6.48. The molecule has 1 saturated carbocycles. The van der Waals surface area contributed by atoms with E-state index in [2.05, 4.69) is 10.2 Å². The number of hydrogen-bond donors (Lipinski definition) is 3. The molecule has 1 heterocycles. The molecule has 2 aliphatic rings. The molecule has 2 fully saturated rings. The van der Waals surface area contributed by atoms with Gasteiger partial charge in [0.15, 0.2) is 0 Å². The molecule has 6 nitrogen and oxygen atoms in total. The van der Waals surface area contributed by atoms with Gasteiger partial charge in [0.2, 0.25) is 0 Å². The van der Waals surface area contributed by atoms with Crippen molar-refractivity contribution >= 4 is 13.1 Å². The first-order valence-corrected chi connectivity index (χ1v) is 8.05. The van der Waals surface area contributed by atoms with Crippen LogP contribution in [0.4, 0.5) is 0 Å². The lowest BCUT2D eigenvalue weighted by molar-refractivity contribution is -0.147. The summed E-state index contributed by atoms with van der Waals surface area (Å²) in [6.07, 6.45) is 6.50. The summed E-state index contributed by atoms with van der Waals surface area (Å²) in [5.74, 6) is -0.0979. The van der Waals surface area contributed by atoms with E-state index in [9.17, 15) is 4.79 Å². The molecule has 0 aromatic carbocycles. The molecule has 2 rings (SSSR count). The number of nitrogens with one attached hydrogen (secondary N) is 1. The third kappa shape index (κ3) is 4.42.